The van der Waals surface area contributed by atoms with Crippen LogP contribution in [-0.2, 0) is 11.3 Å². The van der Waals surface area contributed by atoms with Gasteiger partial charge in [0, 0.05) is 24.6 Å². The lowest BCUT2D eigenvalue weighted by Crippen LogP contribution is -2.26. The van der Waals surface area contributed by atoms with Gasteiger partial charge in [0.2, 0.25) is 5.91 Å². The average molecular weight is 442 g/mol. The summed E-state index contributed by atoms with van der Waals surface area (Å²) in [7, 11) is 0. The molecule has 1 aliphatic rings. The van der Waals surface area contributed by atoms with Crippen molar-refractivity contribution in [2.45, 2.75) is 31.9 Å². The summed E-state index contributed by atoms with van der Waals surface area (Å²) in [6.07, 6.45) is -0.322. The fourth-order valence-electron chi connectivity index (χ4n) is 4.50. The van der Waals surface area contributed by atoms with E-state index in [-0.39, 0.29) is 18.4 Å². The van der Waals surface area contributed by atoms with Crippen molar-refractivity contribution in [3.63, 3.8) is 0 Å². The maximum absolute atomic E-state index is 12.8. The summed E-state index contributed by atoms with van der Waals surface area (Å²) >= 11 is 0. The number of para-hydroxylation sites is 4. The highest BCUT2D eigenvalue weighted by Crippen LogP contribution is 2.33. The summed E-state index contributed by atoms with van der Waals surface area (Å²) in [6, 6.07) is 25.4. The highest BCUT2D eigenvalue weighted by molar-refractivity contribution is 5.96. The van der Waals surface area contributed by atoms with Crippen LogP contribution >= 0.6 is 0 Å². The lowest BCUT2D eigenvalue weighted by molar-refractivity contribution is -0.117. The third-order valence-electron chi connectivity index (χ3n) is 6.16. The molecule has 1 fully saturated rings. The van der Waals surface area contributed by atoms with Gasteiger partial charge in [0.05, 0.1) is 17.6 Å². The Balaban J connectivity index is 1.39. The molecule has 6 nitrogen and oxygen atoms in total. The molecule has 4 aromatic rings. The van der Waals surface area contributed by atoms with E-state index in [1.54, 1.807) is 0 Å². The molecule has 1 aliphatic heterocycles. The van der Waals surface area contributed by atoms with Crippen LogP contribution in [0.25, 0.3) is 11.0 Å². The Morgan fingerprint density at radius 1 is 1.03 bits per heavy atom. The molecule has 2 atom stereocenters. The summed E-state index contributed by atoms with van der Waals surface area (Å²) in [5.41, 5.74) is 3.75. The maximum atomic E-state index is 12.8. The molecule has 1 saturated heterocycles. The Hall–Kier alpha value is -3.64. The first kappa shape index (κ1) is 21.2. The molecule has 6 heteroatoms. The zero-order valence-corrected chi connectivity index (χ0v) is 18.6. The van der Waals surface area contributed by atoms with Crippen LogP contribution in [0.3, 0.4) is 0 Å². The van der Waals surface area contributed by atoms with Gasteiger partial charge in [0.1, 0.15) is 24.3 Å². The van der Waals surface area contributed by atoms with E-state index in [0.29, 0.717) is 19.5 Å². The van der Waals surface area contributed by atoms with Crippen LogP contribution in [0.5, 0.6) is 5.75 Å². The van der Waals surface area contributed by atoms with Crippen molar-refractivity contribution in [3.8, 4) is 5.75 Å². The third kappa shape index (κ3) is 4.34. The van der Waals surface area contributed by atoms with Crippen molar-refractivity contribution in [1.29, 1.82) is 0 Å². The zero-order chi connectivity index (χ0) is 22.8. The first-order chi connectivity index (χ1) is 16.1. The number of ether oxygens (including phenoxy) is 1. The Kier molecular flexibility index (Phi) is 5.84. The monoisotopic (exact) mass is 441 g/mol. The van der Waals surface area contributed by atoms with Gasteiger partial charge in [-0.15, -0.1) is 0 Å². The van der Waals surface area contributed by atoms with Crippen molar-refractivity contribution in [1.82, 2.24) is 9.55 Å². The molecule has 168 valence electrons. The number of aryl methyl sites for hydroxylation is 1. The molecule has 0 unspecified atom stereocenters. The Bertz CT molecular complexity index is 1270. The number of benzene rings is 3. The van der Waals surface area contributed by atoms with E-state index in [1.807, 2.05) is 95.3 Å². The number of hydrogen-bond donors (Lipinski definition) is 1. The van der Waals surface area contributed by atoms with Gasteiger partial charge in [-0.3, -0.25) is 4.79 Å². The first-order valence-corrected chi connectivity index (χ1v) is 11.3. The van der Waals surface area contributed by atoms with Gasteiger partial charge < -0.3 is 19.3 Å². The number of nitrogens with zero attached hydrogens (tertiary/aromatic N) is 3. The summed E-state index contributed by atoms with van der Waals surface area (Å²) < 4.78 is 7.92. The number of carbonyl (C=O) groups excluding carboxylic acids is 1. The van der Waals surface area contributed by atoms with Crippen LogP contribution in [0.15, 0.2) is 78.9 Å². The van der Waals surface area contributed by atoms with E-state index in [2.05, 4.69) is 0 Å². The predicted molar refractivity (Wildman–Crippen MR) is 129 cm³/mol. The van der Waals surface area contributed by atoms with Gasteiger partial charge in [0.25, 0.3) is 0 Å². The van der Waals surface area contributed by atoms with Gasteiger partial charge in [-0.25, -0.2) is 4.98 Å². The van der Waals surface area contributed by atoms with E-state index in [1.165, 1.54) is 0 Å². The number of imidazole rings is 1. The molecule has 2 heterocycles. The molecule has 0 spiro atoms. The van der Waals surface area contributed by atoms with Crippen LogP contribution in [0.1, 0.15) is 23.7 Å². The number of hydrogen-bond acceptors (Lipinski definition) is 4. The van der Waals surface area contributed by atoms with E-state index in [0.717, 1.165) is 33.9 Å². The molecular formula is C27H27N3O3. The molecule has 33 heavy (non-hydrogen) atoms. The SMILES string of the molecule is Cc1ccccc1OC[C@@H](O)Cn1c([C@H]2CC(=O)N(c3ccccc3)C2)nc2ccccc21. The topological polar surface area (TPSA) is 67.6 Å². The standard InChI is InChI=1S/C27H27N3O3/c1-19-9-5-8-14-25(19)33-18-22(31)17-30-24-13-7-6-12-23(24)28-27(30)20-15-26(32)29(16-20)21-10-3-2-4-11-21/h2-14,20,22,31H,15-18H2,1H3/t20-,22-/m0/s1. The van der Waals surface area contributed by atoms with Crippen molar-refractivity contribution < 1.29 is 14.6 Å². The number of rotatable bonds is 7. The number of aliphatic hydroxyl groups excluding tert-OH is 1. The van der Waals surface area contributed by atoms with E-state index >= 15 is 0 Å². The molecule has 5 rings (SSSR count). The van der Waals surface area contributed by atoms with Crippen LogP contribution in [-0.4, -0.2) is 39.8 Å². The molecule has 0 radical (unpaired) electrons. The number of carbonyl (C=O) groups is 1. The van der Waals surface area contributed by atoms with Crippen molar-refractivity contribution in [2.24, 2.45) is 0 Å². The predicted octanol–water partition coefficient (Wildman–Crippen LogP) is 4.31. The van der Waals surface area contributed by atoms with Crippen LogP contribution in [0, 0.1) is 6.92 Å². The van der Waals surface area contributed by atoms with Gasteiger partial charge in [0.15, 0.2) is 0 Å². The number of amides is 1. The molecular weight excluding hydrogens is 414 g/mol. The van der Waals surface area contributed by atoms with Gasteiger partial charge in [-0.1, -0.05) is 48.5 Å². The fourth-order valence-corrected chi connectivity index (χ4v) is 4.50. The summed E-state index contributed by atoms with van der Waals surface area (Å²) in [6.45, 7) is 3.08. The second-order valence-electron chi connectivity index (χ2n) is 8.54. The van der Waals surface area contributed by atoms with Crippen molar-refractivity contribution in [2.75, 3.05) is 18.1 Å². The van der Waals surface area contributed by atoms with E-state index < -0.39 is 6.10 Å². The number of aromatic nitrogens is 2. The molecule has 0 saturated carbocycles. The minimum atomic E-state index is -0.719. The molecule has 0 bridgehead atoms. The van der Waals surface area contributed by atoms with E-state index in [9.17, 15) is 9.90 Å². The normalized spacial score (nSPS) is 17.0. The molecule has 0 aliphatic carbocycles. The minimum Gasteiger partial charge on any atom is -0.491 e. The zero-order valence-electron chi connectivity index (χ0n) is 18.6. The van der Waals surface area contributed by atoms with Gasteiger partial charge in [-0.2, -0.15) is 0 Å². The van der Waals surface area contributed by atoms with E-state index in [4.69, 9.17) is 9.72 Å². The van der Waals surface area contributed by atoms with Crippen LogP contribution in [0.2, 0.25) is 0 Å². The van der Waals surface area contributed by atoms with Crippen molar-refractivity contribution >= 4 is 22.6 Å². The first-order valence-electron chi connectivity index (χ1n) is 11.3. The highest BCUT2D eigenvalue weighted by Gasteiger charge is 2.35. The lowest BCUT2D eigenvalue weighted by Gasteiger charge is -2.19. The van der Waals surface area contributed by atoms with Gasteiger partial charge in [-0.05, 0) is 42.8 Å². The number of aliphatic hydroxyl groups is 1. The Morgan fingerprint density at radius 2 is 1.76 bits per heavy atom. The quantitative estimate of drug-likeness (QED) is 0.464. The van der Waals surface area contributed by atoms with Crippen LogP contribution in [0.4, 0.5) is 5.69 Å². The lowest BCUT2D eigenvalue weighted by atomic mass is 10.1. The number of anilines is 1. The third-order valence-corrected chi connectivity index (χ3v) is 6.16. The highest BCUT2D eigenvalue weighted by atomic mass is 16.5. The summed E-state index contributed by atoms with van der Waals surface area (Å²) in [5.74, 6) is 1.65. The average Bonchev–Trinajstić information content (AvgIpc) is 3.40. The molecule has 3 aromatic carbocycles. The summed E-state index contributed by atoms with van der Waals surface area (Å²) in [4.78, 5) is 19.5. The molecule has 1 aromatic heterocycles. The Labute approximate surface area is 193 Å². The van der Waals surface area contributed by atoms with Gasteiger partial charge >= 0.3 is 0 Å². The minimum absolute atomic E-state index is 0.0467. The molecule has 1 amide bonds. The second-order valence-corrected chi connectivity index (χ2v) is 8.54. The smallest absolute Gasteiger partial charge is 0.227 e. The summed E-state index contributed by atoms with van der Waals surface area (Å²) in [5, 5.41) is 10.8. The fraction of sp³-hybridized carbons (Fsp3) is 0.259. The van der Waals surface area contributed by atoms with Crippen LogP contribution < -0.4 is 9.64 Å². The second kappa shape index (κ2) is 9.08. The Morgan fingerprint density at radius 3 is 2.58 bits per heavy atom. The largest absolute Gasteiger partial charge is 0.491 e. The molecule has 1 N–H and O–H groups in total. The maximum Gasteiger partial charge on any atom is 0.227 e. The van der Waals surface area contributed by atoms with Crippen molar-refractivity contribution in [3.05, 3.63) is 90.3 Å². The number of fused-ring (bicyclic) bond motifs is 1.